The highest BCUT2D eigenvalue weighted by atomic mass is 35.5. The first kappa shape index (κ1) is 25.3. The summed E-state index contributed by atoms with van der Waals surface area (Å²) in [5.74, 6) is 0.808. The van der Waals surface area contributed by atoms with Crippen molar-refractivity contribution in [3.05, 3.63) is 77.3 Å². The molecule has 0 unspecified atom stereocenters. The van der Waals surface area contributed by atoms with E-state index in [0.29, 0.717) is 36.0 Å². The van der Waals surface area contributed by atoms with E-state index in [1.807, 2.05) is 0 Å². The van der Waals surface area contributed by atoms with Crippen LogP contribution < -0.4 is 23.9 Å². The fraction of sp³-hybridized carbons (Fsp3) is 0.200. The van der Waals surface area contributed by atoms with Crippen molar-refractivity contribution in [1.29, 1.82) is 0 Å². The number of nitrogens with one attached hydrogen (secondary N) is 1. The third-order valence-electron chi connectivity index (χ3n) is 5.34. The zero-order valence-corrected chi connectivity index (χ0v) is 21.2. The van der Waals surface area contributed by atoms with Gasteiger partial charge in [-0.15, -0.1) is 0 Å². The van der Waals surface area contributed by atoms with Crippen LogP contribution in [-0.2, 0) is 14.8 Å². The van der Waals surface area contributed by atoms with Gasteiger partial charge in [-0.1, -0.05) is 29.8 Å². The predicted molar refractivity (Wildman–Crippen MR) is 137 cm³/mol. The number of hydrogen-bond acceptors (Lipinski definition) is 7. The third-order valence-corrected chi connectivity index (χ3v) is 7.35. The maximum atomic E-state index is 13.5. The fourth-order valence-corrected chi connectivity index (χ4v) is 5.13. The van der Waals surface area contributed by atoms with Gasteiger partial charge >= 0.3 is 0 Å². The Kier molecular flexibility index (Phi) is 7.66. The van der Waals surface area contributed by atoms with Crippen LogP contribution in [0.4, 0.5) is 5.69 Å². The molecule has 1 amide bonds. The molecule has 11 heteroatoms. The van der Waals surface area contributed by atoms with Crippen LogP contribution in [0.5, 0.6) is 17.2 Å². The minimum atomic E-state index is -4.14. The molecule has 0 fully saturated rings. The number of methoxy groups -OCH3 is 1. The molecule has 1 N–H and O–H groups in total. The number of carbonyl (C=O) groups excluding carboxylic acids is 1. The first-order valence-corrected chi connectivity index (χ1v) is 12.8. The largest absolute Gasteiger partial charge is 0.495 e. The molecular formula is C25H24ClN3O6S. The van der Waals surface area contributed by atoms with Crippen LogP contribution in [0.2, 0.25) is 5.02 Å². The smallest absolute Gasteiger partial charge is 0.264 e. The number of carbonyl (C=O) groups is 1. The number of hydrazone groups is 1. The summed E-state index contributed by atoms with van der Waals surface area (Å²) in [6.07, 6.45) is 0. The Morgan fingerprint density at radius 1 is 1.06 bits per heavy atom. The second-order valence-corrected chi connectivity index (χ2v) is 10.0. The van der Waals surface area contributed by atoms with Gasteiger partial charge < -0.3 is 14.2 Å². The maximum absolute atomic E-state index is 13.5. The number of anilines is 1. The molecule has 0 saturated heterocycles. The van der Waals surface area contributed by atoms with Gasteiger partial charge in [-0.2, -0.15) is 5.10 Å². The lowest BCUT2D eigenvalue weighted by Gasteiger charge is -2.25. The average Bonchev–Trinajstić information content (AvgIpc) is 2.90. The minimum absolute atomic E-state index is 0.00999. The molecular weight excluding hydrogens is 506 g/mol. The molecule has 9 nitrogen and oxygen atoms in total. The number of halogens is 1. The zero-order valence-electron chi connectivity index (χ0n) is 19.6. The van der Waals surface area contributed by atoms with Crippen LogP contribution in [-0.4, -0.2) is 46.9 Å². The molecule has 1 heterocycles. The first-order valence-electron chi connectivity index (χ1n) is 10.9. The predicted octanol–water partition coefficient (Wildman–Crippen LogP) is 3.86. The summed E-state index contributed by atoms with van der Waals surface area (Å²) < 4.78 is 44.5. The van der Waals surface area contributed by atoms with Gasteiger partial charge in [-0.05, 0) is 55.5 Å². The van der Waals surface area contributed by atoms with Crippen LogP contribution in [0.3, 0.4) is 0 Å². The van der Waals surface area contributed by atoms with E-state index < -0.39 is 22.5 Å². The van der Waals surface area contributed by atoms with Gasteiger partial charge in [0.15, 0.2) is 11.5 Å². The Bertz CT molecular complexity index is 1400. The Balaban J connectivity index is 1.60. The van der Waals surface area contributed by atoms with Gasteiger partial charge in [0, 0.05) is 10.6 Å². The summed E-state index contributed by atoms with van der Waals surface area (Å²) in [6.45, 7) is 2.08. The van der Waals surface area contributed by atoms with E-state index in [9.17, 15) is 13.2 Å². The second kappa shape index (κ2) is 10.9. The summed E-state index contributed by atoms with van der Waals surface area (Å²) in [4.78, 5) is 12.9. The molecule has 3 aromatic carbocycles. The standard InChI is InChI=1S/C25H24ClN3O6S/c1-17(18-8-10-23-24(14-18)35-13-12-34-23)27-28-25(30)16-29(21-15-19(26)9-11-22(21)33-2)36(31,32)20-6-4-3-5-7-20/h3-11,14-15H,12-13,16H2,1-2H3,(H,28,30)/b27-17+. The Hall–Kier alpha value is -3.76. The number of ether oxygens (including phenoxy) is 3. The van der Waals surface area contributed by atoms with E-state index in [2.05, 4.69) is 10.5 Å². The first-order chi connectivity index (χ1) is 17.3. The van der Waals surface area contributed by atoms with Gasteiger partial charge in [0.25, 0.3) is 15.9 Å². The van der Waals surface area contributed by atoms with Crippen molar-refractivity contribution >= 4 is 38.9 Å². The van der Waals surface area contributed by atoms with Crippen molar-refractivity contribution < 1.29 is 27.4 Å². The molecule has 0 spiro atoms. The molecule has 0 radical (unpaired) electrons. The molecule has 3 aromatic rings. The number of nitrogens with zero attached hydrogens (tertiary/aromatic N) is 2. The summed E-state index contributed by atoms with van der Waals surface area (Å²) in [7, 11) is -2.74. The Morgan fingerprint density at radius 2 is 1.78 bits per heavy atom. The molecule has 0 saturated carbocycles. The van der Waals surface area contributed by atoms with Crippen LogP contribution in [0.1, 0.15) is 12.5 Å². The molecule has 0 atom stereocenters. The van der Waals surface area contributed by atoms with Crippen molar-refractivity contribution in [2.24, 2.45) is 5.10 Å². The monoisotopic (exact) mass is 529 g/mol. The van der Waals surface area contributed by atoms with Crippen LogP contribution >= 0.6 is 11.6 Å². The number of fused-ring (bicyclic) bond motifs is 1. The topological polar surface area (TPSA) is 107 Å². The van der Waals surface area contributed by atoms with E-state index in [1.54, 1.807) is 49.4 Å². The second-order valence-electron chi connectivity index (χ2n) is 7.73. The SMILES string of the molecule is COc1ccc(Cl)cc1N(CC(=O)N/N=C(\C)c1ccc2c(c1)OCCO2)S(=O)(=O)c1ccccc1. The number of sulfonamides is 1. The lowest BCUT2D eigenvalue weighted by atomic mass is 10.1. The Labute approximate surface area is 214 Å². The van der Waals surface area contributed by atoms with Crippen molar-refractivity contribution in [2.45, 2.75) is 11.8 Å². The minimum Gasteiger partial charge on any atom is -0.495 e. The normalized spacial score (nSPS) is 13.1. The van der Waals surface area contributed by atoms with Gasteiger partial charge in [-0.25, -0.2) is 13.8 Å². The molecule has 4 rings (SSSR count). The van der Waals surface area contributed by atoms with Gasteiger partial charge in [0.1, 0.15) is 25.5 Å². The Morgan fingerprint density at radius 3 is 2.50 bits per heavy atom. The molecule has 0 bridgehead atoms. The molecule has 1 aliphatic heterocycles. The molecule has 188 valence electrons. The number of rotatable bonds is 8. The summed E-state index contributed by atoms with van der Waals surface area (Å²) in [5.41, 5.74) is 3.77. The zero-order chi connectivity index (χ0) is 25.7. The van der Waals surface area contributed by atoms with Gasteiger partial charge in [-0.3, -0.25) is 9.10 Å². The van der Waals surface area contributed by atoms with E-state index >= 15 is 0 Å². The van der Waals surface area contributed by atoms with Crippen molar-refractivity contribution in [3.63, 3.8) is 0 Å². The maximum Gasteiger partial charge on any atom is 0.264 e. The van der Waals surface area contributed by atoms with E-state index in [0.717, 1.165) is 4.31 Å². The average molecular weight is 530 g/mol. The number of benzene rings is 3. The number of amides is 1. The van der Waals surface area contributed by atoms with E-state index in [-0.39, 0.29) is 21.4 Å². The summed E-state index contributed by atoms with van der Waals surface area (Å²) >= 11 is 6.15. The highest BCUT2D eigenvalue weighted by Gasteiger charge is 2.29. The van der Waals surface area contributed by atoms with Crippen LogP contribution in [0.25, 0.3) is 0 Å². The highest BCUT2D eigenvalue weighted by molar-refractivity contribution is 7.92. The fourth-order valence-electron chi connectivity index (χ4n) is 3.52. The van der Waals surface area contributed by atoms with Crippen molar-refractivity contribution in [3.8, 4) is 17.2 Å². The van der Waals surface area contributed by atoms with Crippen LogP contribution in [0.15, 0.2) is 76.7 Å². The third kappa shape index (κ3) is 5.55. The van der Waals surface area contributed by atoms with E-state index in [4.69, 9.17) is 25.8 Å². The van der Waals surface area contributed by atoms with Gasteiger partial charge in [0.2, 0.25) is 0 Å². The number of hydrogen-bond donors (Lipinski definition) is 1. The van der Waals surface area contributed by atoms with Crippen molar-refractivity contribution in [1.82, 2.24) is 5.43 Å². The lowest BCUT2D eigenvalue weighted by molar-refractivity contribution is -0.119. The molecule has 0 aliphatic carbocycles. The summed E-state index contributed by atoms with van der Waals surface area (Å²) in [5, 5.41) is 4.43. The van der Waals surface area contributed by atoms with Crippen LogP contribution in [0, 0.1) is 0 Å². The molecule has 1 aliphatic rings. The van der Waals surface area contributed by atoms with Crippen molar-refractivity contribution in [2.75, 3.05) is 31.2 Å². The van der Waals surface area contributed by atoms with E-state index in [1.165, 1.54) is 31.4 Å². The molecule has 0 aromatic heterocycles. The molecule has 36 heavy (non-hydrogen) atoms. The quantitative estimate of drug-likeness (QED) is 0.351. The highest BCUT2D eigenvalue weighted by Crippen LogP contribution is 2.35. The summed E-state index contributed by atoms with van der Waals surface area (Å²) in [6, 6.07) is 17.6. The van der Waals surface area contributed by atoms with Gasteiger partial charge in [0.05, 0.1) is 23.4 Å². The lowest BCUT2D eigenvalue weighted by Crippen LogP contribution is -2.40.